The van der Waals surface area contributed by atoms with Gasteiger partial charge in [0.2, 0.25) is 0 Å². The molecule has 110 valence electrons. The Morgan fingerprint density at radius 1 is 1.45 bits per heavy atom. The average molecular weight is 347 g/mol. The Bertz CT molecular complexity index is 498. The normalized spacial score (nSPS) is 26.2. The van der Waals surface area contributed by atoms with Gasteiger partial charge in [-0.25, -0.2) is 4.39 Å². The van der Waals surface area contributed by atoms with E-state index in [1.54, 1.807) is 6.07 Å². The van der Waals surface area contributed by atoms with Crippen molar-refractivity contribution in [2.45, 2.75) is 31.3 Å². The highest BCUT2D eigenvalue weighted by molar-refractivity contribution is 9.10. The minimum Gasteiger partial charge on any atom is -0.487 e. The molecule has 0 aromatic heterocycles. The summed E-state index contributed by atoms with van der Waals surface area (Å²) in [5.41, 5.74) is -1.08. The van der Waals surface area contributed by atoms with Gasteiger partial charge >= 0.3 is 5.97 Å². The lowest BCUT2D eigenvalue weighted by Crippen LogP contribution is -2.41. The van der Waals surface area contributed by atoms with Crippen LogP contribution in [0.5, 0.6) is 5.75 Å². The summed E-state index contributed by atoms with van der Waals surface area (Å²) in [6, 6.07) is 4.35. The molecule has 6 heteroatoms. The van der Waals surface area contributed by atoms with Gasteiger partial charge in [0.1, 0.15) is 6.61 Å². The fraction of sp³-hybridized carbons (Fsp3) is 0.500. The number of benzene rings is 1. The Kier molecular flexibility index (Phi) is 4.65. The molecule has 1 saturated carbocycles. The molecule has 0 atom stereocenters. The van der Waals surface area contributed by atoms with Gasteiger partial charge in [-0.1, -0.05) is 15.9 Å². The van der Waals surface area contributed by atoms with E-state index in [1.165, 1.54) is 12.1 Å². The van der Waals surface area contributed by atoms with Crippen molar-refractivity contribution in [1.29, 1.82) is 0 Å². The first kappa shape index (κ1) is 15.3. The largest absolute Gasteiger partial charge is 0.487 e. The highest BCUT2D eigenvalue weighted by Crippen LogP contribution is 2.33. The molecule has 0 unspecified atom stereocenters. The lowest BCUT2D eigenvalue weighted by molar-refractivity contribution is -0.145. The van der Waals surface area contributed by atoms with E-state index in [2.05, 4.69) is 15.9 Å². The third-order valence-corrected chi connectivity index (χ3v) is 4.15. The van der Waals surface area contributed by atoms with Crippen LogP contribution < -0.4 is 4.74 Å². The zero-order valence-corrected chi connectivity index (χ0v) is 12.4. The maximum absolute atomic E-state index is 13.5. The van der Waals surface area contributed by atoms with Crippen molar-refractivity contribution in [2.24, 2.45) is 5.92 Å². The number of carbonyl (C=O) groups is 1. The molecule has 1 aliphatic rings. The van der Waals surface area contributed by atoms with Gasteiger partial charge < -0.3 is 14.9 Å². The number of carboxylic acid groups (broad SMARTS) is 1. The topological polar surface area (TPSA) is 66.8 Å². The molecule has 1 fully saturated rings. The Labute approximate surface area is 124 Å². The first-order valence-electron chi connectivity index (χ1n) is 6.43. The van der Waals surface area contributed by atoms with Crippen LogP contribution in [0.3, 0.4) is 0 Å². The molecule has 0 amide bonds. The lowest BCUT2D eigenvalue weighted by Gasteiger charge is -2.34. The highest BCUT2D eigenvalue weighted by atomic mass is 79.9. The van der Waals surface area contributed by atoms with Crippen molar-refractivity contribution in [3.8, 4) is 5.75 Å². The van der Waals surface area contributed by atoms with Crippen LogP contribution in [0.2, 0.25) is 0 Å². The molecular weight excluding hydrogens is 331 g/mol. The van der Waals surface area contributed by atoms with Gasteiger partial charge in [-0.15, -0.1) is 0 Å². The molecule has 0 radical (unpaired) electrons. The van der Waals surface area contributed by atoms with Crippen molar-refractivity contribution in [3.05, 3.63) is 28.5 Å². The summed E-state index contributed by atoms with van der Waals surface area (Å²) < 4.78 is 19.6. The maximum Gasteiger partial charge on any atom is 0.306 e. The molecule has 0 saturated heterocycles. The lowest BCUT2D eigenvalue weighted by atomic mass is 9.79. The predicted molar refractivity (Wildman–Crippen MR) is 74.1 cm³/mol. The molecule has 4 nitrogen and oxygen atoms in total. The minimum absolute atomic E-state index is 0.0350. The second-order valence-electron chi connectivity index (χ2n) is 5.20. The van der Waals surface area contributed by atoms with Crippen molar-refractivity contribution >= 4 is 21.9 Å². The zero-order chi connectivity index (χ0) is 14.8. The summed E-state index contributed by atoms with van der Waals surface area (Å²) in [6.45, 7) is -0.0350. The van der Waals surface area contributed by atoms with E-state index < -0.39 is 23.3 Å². The number of hydrogen-bond acceptors (Lipinski definition) is 3. The Morgan fingerprint density at radius 2 is 2.10 bits per heavy atom. The zero-order valence-electron chi connectivity index (χ0n) is 10.8. The molecule has 2 rings (SSSR count). The first-order valence-corrected chi connectivity index (χ1v) is 7.22. The van der Waals surface area contributed by atoms with Crippen LogP contribution in [0.15, 0.2) is 22.7 Å². The van der Waals surface area contributed by atoms with E-state index in [4.69, 9.17) is 9.84 Å². The number of aliphatic hydroxyl groups is 1. The predicted octanol–water partition coefficient (Wildman–Crippen LogP) is 2.97. The Morgan fingerprint density at radius 3 is 2.70 bits per heavy atom. The number of carboxylic acids is 1. The van der Waals surface area contributed by atoms with E-state index in [0.29, 0.717) is 30.2 Å². The highest BCUT2D eigenvalue weighted by Gasteiger charge is 2.36. The summed E-state index contributed by atoms with van der Waals surface area (Å²) in [4.78, 5) is 10.9. The minimum atomic E-state index is -1.08. The summed E-state index contributed by atoms with van der Waals surface area (Å²) in [7, 11) is 0. The third-order valence-electron chi connectivity index (χ3n) is 3.66. The average Bonchev–Trinajstić information content (AvgIpc) is 2.40. The summed E-state index contributed by atoms with van der Waals surface area (Å²) in [6.07, 6.45) is 1.52. The van der Waals surface area contributed by atoms with Crippen molar-refractivity contribution in [2.75, 3.05) is 6.61 Å². The standard InChI is InChI=1S/C14H16BrFO4/c15-10-1-2-11(16)12(7-10)20-8-14(19)5-3-9(4-6-14)13(17)18/h1-2,7,9,19H,3-6,8H2,(H,17,18). The molecular formula is C14H16BrFO4. The van der Waals surface area contributed by atoms with Crippen molar-refractivity contribution in [1.82, 2.24) is 0 Å². The van der Waals surface area contributed by atoms with Crippen LogP contribution in [-0.4, -0.2) is 28.4 Å². The molecule has 0 bridgehead atoms. The van der Waals surface area contributed by atoms with Gasteiger partial charge in [0.25, 0.3) is 0 Å². The van der Waals surface area contributed by atoms with E-state index >= 15 is 0 Å². The van der Waals surface area contributed by atoms with Gasteiger partial charge in [-0.05, 0) is 43.9 Å². The molecule has 0 aliphatic heterocycles. The number of hydrogen-bond donors (Lipinski definition) is 2. The molecule has 1 aromatic carbocycles. The summed E-state index contributed by atoms with van der Waals surface area (Å²) in [5, 5.41) is 19.3. The van der Waals surface area contributed by atoms with Crippen LogP contribution >= 0.6 is 15.9 Å². The maximum atomic E-state index is 13.5. The van der Waals surface area contributed by atoms with Crippen LogP contribution in [0.25, 0.3) is 0 Å². The third kappa shape index (κ3) is 3.70. The fourth-order valence-corrected chi connectivity index (χ4v) is 2.69. The number of aliphatic carboxylic acids is 1. The Hall–Kier alpha value is -1.14. The molecule has 1 aliphatic carbocycles. The second-order valence-corrected chi connectivity index (χ2v) is 6.12. The van der Waals surface area contributed by atoms with Crippen molar-refractivity contribution in [3.63, 3.8) is 0 Å². The SMILES string of the molecule is O=C(O)C1CCC(O)(COc2cc(Br)ccc2F)CC1. The van der Waals surface area contributed by atoms with Crippen LogP contribution in [0.4, 0.5) is 4.39 Å². The number of ether oxygens (including phenoxy) is 1. The fourth-order valence-electron chi connectivity index (χ4n) is 2.35. The Balaban J connectivity index is 1.94. The number of halogens is 2. The van der Waals surface area contributed by atoms with Crippen LogP contribution in [0, 0.1) is 11.7 Å². The van der Waals surface area contributed by atoms with Gasteiger partial charge in [-0.2, -0.15) is 0 Å². The van der Waals surface area contributed by atoms with Crippen molar-refractivity contribution < 1.29 is 24.1 Å². The molecule has 0 heterocycles. The number of rotatable bonds is 4. The quantitative estimate of drug-likeness (QED) is 0.879. The van der Waals surface area contributed by atoms with E-state index in [0.717, 1.165) is 0 Å². The monoisotopic (exact) mass is 346 g/mol. The van der Waals surface area contributed by atoms with Gasteiger partial charge in [0.15, 0.2) is 11.6 Å². The summed E-state index contributed by atoms with van der Waals surface area (Å²) >= 11 is 3.23. The van der Waals surface area contributed by atoms with Gasteiger partial charge in [0.05, 0.1) is 11.5 Å². The van der Waals surface area contributed by atoms with Crippen LogP contribution in [-0.2, 0) is 4.79 Å². The van der Waals surface area contributed by atoms with E-state index in [9.17, 15) is 14.3 Å². The van der Waals surface area contributed by atoms with E-state index in [-0.39, 0.29) is 12.4 Å². The van der Waals surface area contributed by atoms with E-state index in [1.807, 2.05) is 0 Å². The molecule has 1 aromatic rings. The van der Waals surface area contributed by atoms with Crippen LogP contribution in [0.1, 0.15) is 25.7 Å². The molecule has 20 heavy (non-hydrogen) atoms. The smallest absolute Gasteiger partial charge is 0.306 e. The van der Waals surface area contributed by atoms with Gasteiger partial charge in [0, 0.05) is 4.47 Å². The molecule has 2 N–H and O–H groups in total. The second kappa shape index (κ2) is 6.10. The summed E-state index contributed by atoms with van der Waals surface area (Å²) in [5.74, 6) is -1.65. The van der Waals surface area contributed by atoms with Gasteiger partial charge in [-0.3, -0.25) is 4.79 Å². The first-order chi connectivity index (χ1) is 9.39. The molecule has 0 spiro atoms.